The summed E-state index contributed by atoms with van der Waals surface area (Å²) in [5.41, 5.74) is 1.50. The fourth-order valence-corrected chi connectivity index (χ4v) is 2.38. The lowest BCUT2D eigenvalue weighted by molar-refractivity contribution is 1.22. The summed E-state index contributed by atoms with van der Waals surface area (Å²) in [7, 11) is 0. The molecule has 0 bridgehead atoms. The SMILES string of the molecule is CC(=N/N=C/c1cccs1)/C(C)=N/N=C/c1cccs1. The molecular formula is C14H14N4S2. The average molecular weight is 302 g/mol. The van der Waals surface area contributed by atoms with Crippen molar-refractivity contribution in [3.8, 4) is 0 Å². The first-order chi connectivity index (χ1) is 9.75. The van der Waals surface area contributed by atoms with E-state index in [1.165, 1.54) is 0 Å². The van der Waals surface area contributed by atoms with Gasteiger partial charge in [-0.15, -0.1) is 22.7 Å². The van der Waals surface area contributed by atoms with Gasteiger partial charge in [-0.1, -0.05) is 12.1 Å². The van der Waals surface area contributed by atoms with E-state index in [9.17, 15) is 0 Å². The molecule has 0 aliphatic rings. The van der Waals surface area contributed by atoms with Gasteiger partial charge in [0.15, 0.2) is 0 Å². The number of hydrogen-bond acceptors (Lipinski definition) is 6. The molecule has 2 aromatic heterocycles. The Labute approximate surface area is 125 Å². The number of nitrogens with zero attached hydrogens (tertiary/aromatic N) is 4. The van der Waals surface area contributed by atoms with Crippen LogP contribution in [0.5, 0.6) is 0 Å². The van der Waals surface area contributed by atoms with E-state index in [0.717, 1.165) is 21.2 Å². The summed E-state index contributed by atoms with van der Waals surface area (Å²) in [5.74, 6) is 0. The van der Waals surface area contributed by atoms with Crippen LogP contribution in [0, 0.1) is 0 Å². The fraction of sp³-hybridized carbons (Fsp3) is 0.143. The van der Waals surface area contributed by atoms with Gasteiger partial charge in [-0.25, -0.2) is 0 Å². The number of hydrogen-bond donors (Lipinski definition) is 0. The van der Waals surface area contributed by atoms with Crippen LogP contribution in [0.2, 0.25) is 0 Å². The summed E-state index contributed by atoms with van der Waals surface area (Å²) in [6, 6.07) is 7.94. The minimum absolute atomic E-state index is 0.751. The van der Waals surface area contributed by atoms with E-state index in [2.05, 4.69) is 20.4 Å². The summed E-state index contributed by atoms with van der Waals surface area (Å²) in [5, 5.41) is 20.3. The van der Waals surface area contributed by atoms with Crippen molar-refractivity contribution < 1.29 is 0 Å². The molecule has 0 spiro atoms. The highest BCUT2D eigenvalue weighted by molar-refractivity contribution is 7.12. The standard InChI is InChI=1S/C14H14N4S2/c1-11(17-15-9-13-5-3-7-19-13)12(2)18-16-10-14-6-4-8-20-14/h3-10H,1-2H3/b15-9+,16-10+,17-11-,18-12+. The maximum Gasteiger partial charge on any atom is 0.0829 e. The summed E-state index contributed by atoms with van der Waals surface area (Å²) in [4.78, 5) is 2.15. The molecule has 0 radical (unpaired) electrons. The fourth-order valence-electron chi connectivity index (χ4n) is 1.22. The van der Waals surface area contributed by atoms with Crippen molar-refractivity contribution in [2.45, 2.75) is 13.8 Å². The van der Waals surface area contributed by atoms with Crippen molar-refractivity contribution in [3.05, 3.63) is 44.8 Å². The molecule has 2 aromatic rings. The minimum atomic E-state index is 0.751. The van der Waals surface area contributed by atoms with Crippen LogP contribution in [0.25, 0.3) is 0 Å². The lowest BCUT2D eigenvalue weighted by Gasteiger charge is -1.93. The molecule has 2 rings (SSSR count). The molecule has 2 heterocycles. The van der Waals surface area contributed by atoms with Gasteiger partial charge in [0.1, 0.15) is 0 Å². The molecule has 0 N–H and O–H groups in total. The van der Waals surface area contributed by atoms with E-state index < -0.39 is 0 Å². The maximum absolute atomic E-state index is 4.11. The number of thiophene rings is 2. The third-order valence-electron chi connectivity index (χ3n) is 2.40. The van der Waals surface area contributed by atoms with Gasteiger partial charge in [0.05, 0.1) is 23.9 Å². The molecular weight excluding hydrogens is 288 g/mol. The highest BCUT2D eigenvalue weighted by Crippen LogP contribution is 2.05. The Kier molecular flexibility index (Phi) is 5.52. The maximum atomic E-state index is 4.11. The lowest BCUT2D eigenvalue weighted by Crippen LogP contribution is -2.04. The highest BCUT2D eigenvalue weighted by Gasteiger charge is 1.95. The Morgan fingerprint density at radius 1 is 0.850 bits per heavy atom. The zero-order valence-electron chi connectivity index (χ0n) is 11.2. The van der Waals surface area contributed by atoms with E-state index in [4.69, 9.17) is 0 Å². The highest BCUT2D eigenvalue weighted by atomic mass is 32.1. The van der Waals surface area contributed by atoms with Gasteiger partial charge in [-0.2, -0.15) is 20.4 Å². The van der Waals surface area contributed by atoms with E-state index in [0.29, 0.717) is 0 Å². The molecule has 0 aliphatic carbocycles. The Balaban J connectivity index is 1.95. The zero-order valence-corrected chi connectivity index (χ0v) is 12.9. The average Bonchev–Trinajstić information content (AvgIpc) is 3.11. The van der Waals surface area contributed by atoms with Gasteiger partial charge in [-0.05, 0) is 36.7 Å². The number of rotatable bonds is 5. The first-order valence-corrected chi connectivity index (χ1v) is 7.74. The summed E-state index contributed by atoms with van der Waals surface area (Å²) in [6.07, 6.45) is 3.47. The molecule has 4 nitrogen and oxygen atoms in total. The van der Waals surface area contributed by atoms with E-state index in [-0.39, 0.29) is 0 Å². The van der Waals surface area contributed by atoms with Crippen LogP contribution in [0.15, 0.2) is 55.4 Å². The largest absolute Gasteiger partial charge is 0.157 e. The molecule has 0 saturated heterocycles. The van der Waals surface area contributed by atoms with Gasteiger partial charge < -0.3 is 0 Å². The van der Waals surface area contributed by atoms with Gasteiger partial charge >= 0.3 is 0 Å². The van der Waals surface area contributed by atoms with E-state index in [1.54, 1.807) is 35.1 Å². The zero-order chi connectivity index (χ0) is 14.2. The van der Waals surface area contributed by atoms with Crippen molar-refractivity contribution in [1.29, 1.82) is 0 Å². The van der Waals surface area contributed by atoms with Crippen molar-refractivity contribution in [1.82, 2.24) is 0 Å². The van der Waals surface area contributed by atoms with Gasteiger partial charge in [0.2, 0.25) is 0 Å². The second kappa shape index (κ2) is 7.62. The van der Waals surface area contributed by atoms with E-state index in [1.807, 2.05) is 48.9 Å². The van der Waals surface area contributed by atoms with E-state index >= 15 is 0 Å². The summed E-state index contributed by atoms with van der Waals surface area (Å²) in [6.45, 7) is 3.73. The molecule has 0 saturated carbocycles. The quantitative estimate of drug-likeness (QED) is 0.590. The first kappa shape index (κ1) is 14.5. The normalized spacial score (nSPS) is 13.7. The summed E-state index contributed by atoms with van der Waals surface area (Å²) >= 11 is 3.25. The van der Waals surface area contributed by atoms with Crippen molar-refractivity contribution >= 4 is 46.5 Å². The molecule has 0 fully saturated rings. The van der Waals surface area contributed by atoms with Crippen LogP contribution >= 0.6 is 22.7 Å². The van der Waals surface area contributed by atoms with Crippen molar-refractivity contribution in [2.24, 2.45) is 20.4 Å². The molecule has 0 amide bonds. The predicted molar refractivity (Wildman–Crippen MR) is 90.0 cm³/mol. The molecule has 0 atom stereocenters. The first-order valence-electron chi connectivity index (χ1n) is 5.98. The molecule has 0 aliphatic heterocycles. The van der Waals surface area contributed by atoms with Crippen LogP contribution in [0.3, 0.4) is 0 Å². The molecule has 0 unspecified atom stereocenters. The topological polar surface area (TPSA) is 49.4 Å². The Morgan fingerprint density at radius 2 is 1.30 bits per heavy atom. The smallest absolute Gasteiger partial charge is 0.0829 e. The van der Waals surface area contributed by atoms with Crippen LogP contribution in [-0.4, -0.2) is 23.9 Å². The van der Waals surface area contributed by atoms with Gasteiger partial charge in [-0.3, -0.25) is 0 Å². The monoisotopic (exact) mass is 302 g/mol. The Bertz CT molecular complexity index is 577. The Hall–Kier alpha value is -1.92. The van der Waals surface area contributed by atoms with Crippen molar-refractivity contribution in [3.63, 3.8) is 0 Å². The molecule has 20 heavy (non-hydrogen) atoms. The third-order valence-corrected chi connectivity index (χ3v) is 4.01. The van der Waals surface area contributed by atoms with Crippen LogP contribution in [-0.2, 0) is 0 Å². The second-order valence-corrected chi connectivity index (χ2v) is 5.85. The van der Waals surface area contributed by atoms with Crippen molar-refractivity contribution in [2.75, 3.05) is 0 Å². The predicted octanol–water partition coefficient (Wildman–Crippen LogP) is 4.10. The van der Waals surface area contributed by atoms with Crippen LogP contribution < -0.4 is 0 Å². The Morgan fingerprint density at radius 3 is 1.65 bits per heavy atom. The molecule has 0 aromatic carbocycles. The summed E-state index contributed by atoms with van der Waals surface area (Å²) < 4.78 is 0. The lowest BCUT2D eigenvalue weighted by atomic mass is 10.3. The minimum Gasteiger partial charge on any atom is -0.157 e. The second-order valence-electron chi connectivity index (χ2n) is 3.89. The van der Waals surface area contributed by atoms with Gasteiger partial charge in [0, 0.05) is 9.75 Å². The van der Waals surface area contributed by atoms with Gasteiger partial charge in [0.25, 0.3) is 0 Å². The third kappa shape index (κ3) is 4.64. The van der Waals surface area contributed by atoms with Crippen LogP contribution in [0.4, 0.5) is 0 Å². The van der Waals surface area contributed by atoms with Crippen LogP contribution in [0.1, 0.15) is 23.6 Å². The molecule has 102 valence electrons. The molecule has 6 heteroatoms.